The lowest BCUT2D eigenvalue weighted by atomic mass is 10.3. The van der Waals surface area contributed by atoms with E-state index in [0.717, 1.165) is 24.5 Å². The quantitative estimate of drug-likeness (QED) is 0.672. The lowest BCUT2D eigenvalue weighted by Crippen LogP contribution is -2.27. The molecule has 1 aromatic carbocycles. The molecule has 8 nitrogen and oxygen atoms in total. The van der Waals surface area contributed by atoms with E-state index in [1.165, 1.54) is 22.1 Å². The molecule has 10 heteroatoms. The molecule has 1 N–H and O–H groups in total. The first-order valence-electron chi connectivity index (χ1n) is 8.91. The van der Waals surface area contributed by atoms with Gasteiger partial charge in [0.1, 0.15) is 6.33 Å². The zero-order chi connectivity index (χ0) is 19.3. The van der Waals surface area contributed by atoms with Crippen LogP contribution in [0.4, 0.5) is 5.69 Å². The Morgan fingerprint density at radius 2 is 2.07 bits per heavy atom. The van der Waals surface area contributed by atoms with Crippen LogP contribution in [-0.2, 0) is 21.4 Å². The monoisotopic (exact) mass is 409 g/mol. The Labute approximate surface area is 163 Å². The van der Waals surface area contributed by atoms with E-state index in [-0.39, 0.29) is 10.8 Å². The van der Waals surface area contributed by atoms with Crippen LogP contribution in [0.3, 0.4) is 0 Å². The maximum absolute atomic E-state index is 12.6. The van der Waals surface area contributed by atoms with Crippen molar-refractivity contribution in [2.45, 2.75) is 42.8 Å². The average molecular weight is 410 g/mol. The van der Waals surface area contributed by atoms with Crippen LogP contribution in [0, 0.1) is 0 Å². The second-order valence-corrected chi connectivity index (χ2v) is 9.19. The van der Waals surface area contributed by atoms with Gasteiger partial charge in [0.05, 0.1) is 4.90 Å². The predicted molar refractivity (Wildman–Crippen MR) is 104 cm³/mol. The first-order valence-corrected chi connectivity index (χ1v) is 11.3. The maximum Gasteiger partial charge on any atom is 0.243 e. The fourth-order valence-electron chi connectivity index (χ4n) is 2.84. The fourth-order valence-corrected chi connectivity index (χ4v) is 5.32. The van der Waals surface area contributed by atoms with Gasteiger partial charge in [-0.25, -0.2) is 8.42 Å². The Bertz CT molecular complexity index is 891. The summed E-state index contributed by atoms with van der Waals surface area (Å²) in [6, 6.07) is 6.43. The molecule has 1 saturated heterocycles. The molecule has 0 radical (unpaired) electrons. The van der Waals surface area contributed by atoms with Crippen molar-refractivity contribution < 1.29 is 13.2 Å². The number of aromatic nitrogens is 3. The van der Waals surface area contributed by atoms with Gasteiger partial charge in [-0.1, -0.05) is 17.8 Å². The summed E-state index contributed by atoms with van der Waals surface area (Å²) < 4.78 is 28.7. The number of amides is 1. The first-order chi connectivity index (χ1) is 13.0. The van der Waals surface area contributed by atoms with E-state index in [4.69, 9.17) is 0 Å². The summed E-state index contributed by atoms with van der Waals surface area (Å²) in [4.78, 5) is 12.4. The van der Waals surface area contributed by atoms with Gasteiger partial charge in [-0.2, -0.15) is 4.31 Å². The van der Waals surface area contributed by atoms with Crippen LogP contribution < -0.4 is 5.32 Å². The second kappa shape index (κ2) is 8.85. The number of benzene rings is 1. The highest BCUT2D eigenvalue weighted by Gasteiger charge is 2.27. The molecular formula is C17H23N5O3S2. The second-order valence-electron chi connectivity index (χ2n) is 6.19. The molecule has 146 valence electrons. The zero-order valence-electron chi connectivity index (χ0n) is 15.2. The van der Waals surface area contributed by atoms with Gasteiger partial charge in [-0.3, -0.25) is 4.79 Å². The highest BCUT2D eigenvalue weighted by Crippen LogP contribution is 2.23. The number of rotatable bonds is 8. The third-order valence-electron chi connectivity index (χ3n) is 4.30. The molecule has 3 rings (SSSR count). The molecule has 1 aliphatic rings. The van der Waals surface area contributed by atoms with Crippen molar-refractivity contribution in [2.24, 2.45) is 0 Å². The minimum Gasteiger partial charge on any atom is -0.326 e. The summed E-state index contributed by atoms with van der Waals surface area (Å²) in [5.74, 6) is 0.400. The van der Waals surface area contributed by atoms with E-state index in [1.807, 2.05) is 11.5 Å². The summed E-state index contributed by atoms with van der Waals surface area (Å²) in [5.41, 5.74) is 0.488. The zero-order valence-corrected chi connectivity index (χ0v) is 16.8. The van der Waals surface area contributed by atoms with E-state index in [0.29, 0.717) is 31.0 Å². The number of carbonyl (C=O) groups excluding carboxylic acids is 1. The first kappa shape index (κ1) is 19.8. The Morgan fingerprint density at radius 3 is 2.81 bits per heavy atom. The highest BCUT2D eigenvalue weighted by atomic mass is 32.2. The summed E-state index contributed by atoms with van der Waals surface area (Å²) in [6.07, 6.45) is 3.73. The van der Waals surface area contributed by atoms with Crippen molar-refractivity contribution in [3.8, 4) is 0 Å². The molecule has 0 aliphatic carbocycles. The van der Waals surface area contributed by atoms with Gasteiger partial charge >= 0.3 is 0 Å². The third kappa shape index (κ3) is 4.88. The summed E-state index contributed by atoms with van der Waals surface area (Å²) in [5, 5.41) is 11.4. The molecule has 2 heterocycles. The van der Waals surface area contributed by atoms with E-state index < -0.39 is 10.0 Å². The molecule has 0 spiro atoms. The largest absolute Gasteiger partial charge is 0.326 e. The number of anilines is 1. The van der Waals surface area contributed by atoms with Gasteiger partial charge in [0.25, 0.3) is 0 Å². The van der Waals surface area contributed by atoms with Crippen molar-refractivity contribution in [3.63, 3.8) is 0 Å². The average Bonchev–Trinajstić information content (AvgIpc) is 3.34. The van der Waals surface area contributed by atoms with Gasteiger partial charge in [0, 0.05) is 37.5 Å². The van der Waals surface area contributed by atoms with Gasteiger partial charge in [-0.05, 0) is 38.0 Å². The van der Waals surface area contributed by atoms with Crippen LogP contribution in [0.2, 0.25) is 0 Å². The van der Waals surface area contributed by atoms with E-state index in [2.05, 4.69) is 15.5 Å². The normalized spacial score (nSPS) is 15.1. The van der Waals surface area contributed by atoms with Gasteiger partial charge in [0.2, 0.25) is 15.9 Å². The smallest absolute Gasteiger partial charge is 0.243 e. The minimum absolute atomic E-state index is 0.166. The number of hydrogen-bond acceptors (Lipinski definition) is 6. The van der Waals surface area contributed by atoms with Crippen molar-refractivity contribution >= 4 is 33.4 Å². The Hall–Kier alpha value is -1.91. The molecule has 0 saturated carbocycles. The number of aryl methyl sites for hydroxylation is 1. The highest BCUT2D eigenvalue weighted by molar-refractivity contribution is 7.99. The number of sulfonamides is 1. The van der Waals surface area contributed by atoms with E-state index in [1.54, 1.807) is 24.5 Å². The van der Waals surface area contributed by atoms with Crippen LogP contribution >= 0.6 is 11.8 Å². The molecule has 0 atom stereocenters. The maximum atomic E-state index is 12.6. The predicted octanol–water partition coefficient (Wildman–Crippen LogP) is 2.20. The number of thioether (sulfide) groups is 1. The van der Waals surface area contributed by atoms with Crippen LogP contribution in [0.1, 0.15) is 26.2 Å². The topological polar surface area (TPSA) is 97.2 Å². The summed E-state index contributed by atoms with van der Waals surface area (Å²) >= 11 is 1.47. The van der Waals surface area contributed by atoms with Crippen LogP contribution in [0.25, 0.3) is 0 Å². The molecule has 1 aromatic heterocycles. The number of nitrogens with one attached hydrogen (secondary N) is 1. The Balaban J connectivity index is 1.56. The molecule has 1 fully saturated rings. The molecule has 2 aromatic rings. The van der Waals surface area contributed by atoms with Crippen LogP contribution in [0.15, 0.2) is 40.6 Å². The Kier molecular flexibility index (Phi) is 6.51. The molecule has 0 unspecified atom stereocenters. The SMILES string of the molecule is CCn1cnnc1SCCC(=O)Nc1cccc(S(=O)(=O)N2CCCC2)c1. The molecule has 1 aliphatic heterocycles. The van der Waals surface area contributed by atoms with Crippen molar-refractivity contribution in [2.75, 3.05) is 24.2 Å². The fraction of sp³-hybridized carbons (Fsp3) is 0.471. The molecule has 1 amide bonds. The molecular weight excluding hydrogens is 386 g/mol. The summed E-state index contributed by atoms with van der Waals surface area (Å²) in [7, 11) is -3.49. The van der Waals surface area contributed by atoms with Crippen molar-refractivity contribution in [1.29, 1.82) is 0 Å². The van der Waals surface area contributed by atoms with Crippen LogP contribution in [-0.4, -0.2) is 52.2 Å². The number of carbonyl (C=O) groups is 1. The lowest BCUT2D eigenvalue weighted by Gasteiger charge is -2.16. The van der Waals surface area contributed by atoms with Crippen LogP contribution in [0.5, 0.6) is 0 Å². The van der Waals surface area contributed by atoms with E-state index in [9.17, 15) is 13.2 Å². The van der Waals surface area contributed by atoms with Crippen molar-refractivity contribution in [3.05, 3.63) is 30.6 Å². The minimum atomic E-state index is -3.49. The standard InChI is InChI=1S/C17H23N5O3S2/c1-2-21-13-18-20-17(21)26-11-8-16(23)19-14-6-5-7-15(12-14)27(24,25)22-9-3-4-10-22/h5-7,12-13H,2-4,8-11H2,1H3,(H,19,23). The number of hydrogen-bond donors (Lipinski definition) is 1. The number of nitrogens with zero attached hydrogens (tertiary/aromatic N) is 4. The van der Waals surface area contributed by atoms with Gasteiger partial charge < -0.3 is 9.88 Å². The van der Waals surface area contributed by atoms with Gasteiger partial charge in [0.15, 0.2) is 5.16 Å². The Morgan fingerprint density at radius 1 is 1.30 bits per heavy atom. The van der Waals surface area contributed by atoms with Gasteiger partial charge in [-0.15, -0.1) is 10.2 Å². The lowest BCUT2D eigenvalue weighted by molar-refractivity contribution is -0.115. The van der Waals surface area contributed by atoms with E-state index >= 15 is 0 Å². The summed E-state index contributed by atoms with van der Waals surface area (Å²) in [6.45, 7) is 3.89. The third-order valence-corrected chi connectivity index (χ3v) is 7.18. The molecule has 27 heavy (non-hydrogen) atoms. The molecule has 0 bridgehead atoms. The van der Waals surface area contributed by atoms with Crippen molar-refractivity contribution in [1.82, 2.24) is 19.1 Å².